The smallest absolute Gasteiger partial charge is 0.435 e. The molecule has 3 aromatic rings. The van der Waals surface area contributed by atoms with Crippen molar-refractivity contribution in [2.75, 3.05) is 11.6 Å². The van der Waals surface area contributed by atoms with Gasteiger partial charge in [-0.25, -0.2) is 17.6 Å². The Morgan fingerprint density at radius 2 is 1.70 bits per heavy atom. The minimum atomic E-state index is -4.86. The van der Waals surface area contributed by atoms with Gasteiger partial charge in [-0.05, 0) is 55.3 Å². The highest BCUT2D eigenvalue weighted by atomic mass is 32.2. The fourth-order valence-corrected chi connectivity index (χ4v) is 4.61. The van der Waals surface area contributed by atoms with E-state index in [1.165, 1.54) is 19.1 Å². The summed E-state index contributed by atoms with van der Waals surface area (Å²) in [5.41, 5.74) is -0.810. The van der Waals surface area contributed by atoms with E-state index in [2.05, 4.69) is 10.4 Å². The van der Waals surface area contributed by atoms with Crippen LogP contribution in [0.3, 0.4) is 0 Å². The Hall–Kier alpha value is -3.81. The molecular weight excluding hydrogens is 520 g/mol. The number of rotatable bonds is 8. The number of hydrogen-bond acceptors (Lipinski definition) is 6. The molecule has 0 saturated heterocycles. The van der Waals surface area contributed by atoms with Gasteiger partial charge in [0.25, 0.3) is 10.0 Å². The van der Waals surface area contributed by atoms with E-state index in [1.807, 2.05) is 4.83 Å². The molecule has 0 radical (unpaired) electrons. The molecule has 0 fully saturated rings. The number of ether oxygens (including phenoxy) is 2. The van der Waals surface area contributed by atoms with E-state index in [1.54, 1.807) is 25.1 Å². The van der Waals surface area contributed by atoms with Crippen LogP contribution in [0.4, 0.5) is 17.6 Å². The first-order chi connectivity index (χ1) is 17.3. The second kappa shape index (κ2) is 9.92. The third-order valence-corrected chi connectivity index (χ3v) is 7.46. The van der Waals surface area contributed by atoms with Gasteiger partial charge in [0, 0.05) is 0 Å². The number of nitrogens with zero attached hydrogens (tertiary/aromatic N) is 2. The van der Waals surface area contributed by atoms with E-state index in [9.17, 15) is 30.8 Å². The first kappa shape index (κ1) is 26.3. The van der Waals surface area contributed by atoms with E-state index in [4.69, 9.17) is 9.47 Å². The second-order valence-electron chi connectivity index (χ2n) is 8.31. The van der Waals surface area contributed by atoms with Crippen LogP contribution in [0.5, 0.6) is 11.5 Å². The third kappa shape index (κ3) is 5.79. The number of nitrogens with one attached hydrogen (secondary N) is 2. The highest BCUT2D eigenvalue weighted by Crippen LogP contribution is 2.35. The number of benzene rings is 2. The summed E-state index contributed by atoms with van der Waals surface area (Å²) in [5, 5.41) is 4.59. The number of carbonyl (C=O) groups excluding carboxylic acids is 1. The molecule has 9 nitrogen and oxygen atoms in total. The van der Waals surface area contributed by atoms with Crippen LogP contribution in [0.2, 0.25) is 0 Å². The zero-order valence-electron chi connectivity index (χ0n) is 19.5. The van der Waals surface area contributed by atoms with Gasteiger partial charge in [0.15, 0.2) is 17.2 Å². The van der Waals surface area contributed by atoms with Gasteiger partial charge in [0.05, 0.1) is 18.2 Å². The number of fused-ring (bicyclic) bond motifs is 1. The Labute approximate surface area is 209 Å². The molecule has 1 aliphatic rings. The van der Waals surface area contributed by atoms with Crippen LogP contribution in [0.25, 0.3) is 0 Å². The van der Waals surface area contributed by atoms with Gasteiger partial charge in [0.2, 0.25) is 12.7 Å². The van der Waals surface area contributed by atoms with Crippen molar-refractivity contribution in [2.45, 2.75) is 37.7 Å². The SMILES string of the molecule is CC(C(=O)NCc1cc(C(F)(F)F)nn1NS(=O)(=O)C(C)c1ccc(F)cc1)c1ccc2c(c1)OCO2. The maximum absolute atomic E-state index is 13.3. The van der Waals surface area contributed by atoms with Crippen molar-refractivity contribution < 1.29 is 40.2 Å². The summed E-state index contributed by atoms with van der Waals surface area (Å²) in [6, 6.07) is 10.2. The van der Waals surface area contributed by atoms with Crippen LogP contribution in [0.15, 0.2) is 48.5 Å². The summed E-state index contributed by atoms with van der Waals surface area (Å²) in [6.45, 7) is 2.49. The minimum Gasteiger partial charge on any atom is -0.454 e. The molecule has 4 rings (SSSR count). The van der Waals surface area contributed by atoms with Crippen LogP contribution in [0.1, 0.15) is 47.5 Å². The molecule has 2 aromatic carbocycles. The molecule has 14 heteroatoms. The Bertz CT molecular complexity index is 1410. The van der Waals surface area contributed by atoms with Crippen LogP contribution in [-0.4, -0.2) is 31.0 Å². The minimum absolute atomic E-state index is 0.0561. The summed E-state index contributed by atoms with van der Waals surface area (Å²) < 4.78 is 89.5. The Morgan fingerprint density at radius 3 is 2.38 bits per heavy atom. The third-order valence-electron chi connectivity index (χ3n) is 5.83. The summed E-state index contributed by atoms with van der Waals surface area (Å²) in [7, 11) is -4.32. The number of amides is 1. The zero-order chi connectivity index (χ0) is 27.0. The van der Waals surface area contributed by atoms with Crippen molar-refractivity contribution in [3.63, 3.8) is 0 Å². The number of sulfonamides is 1. The van der Waals surface area contributed by atoms with Gasteiger partial charge in [0.1, 0.15) is 11.1 Å². The molecule has 2 heterocycles. The molecular formula is C23H22F4N4O5S. The molecule has 198 valence electrons. The van der Waals surface area contributed by atoms with Crippen molar-refractivity contribution in [3.05, 3.63) is 76.9 Å². The maximum atomic E-state index is 13.3. The molecule has 2 unspecified atom stereocenters. The maximum Gasteiger partial charge on any atom is 0.435 e. The monoisotopic (exact) mass is 542 g/mol. The van der Waals surface area contributed by atoms with Gasteiger partial charge in [-0.15, -0.1) is 5.10 Å². The average Bonchev–Trinajstić information content (AvgIpc) is 3.48. The first-order valence-corrected chi connectivity index (χ1v) is 12.5. The van der Waals surface area contributed by atoms with E-state index >= 15 is 0 Å². The van der Waals surface area contributed by atoms with Crippen molar-refractivity contribution in [2.24, 2.45) is 0 Å². The number of halogens is 4. The Morgan fingerprint density at radius 1 is 1.05 bits per heavy atom. The lowest BCUT2D eigenvalue weighted by Gasteiger charge is -2.17. The zero-order valence-corrected chi connectivity index (χ0v) is 20.4. The first-order valence-electron chi connectivity index (χ1n) is 11.0. The van der Waals surface area contributed by atoms with E-state index in [0.717, 1.165) is 12.1 Å². The molecule has 0 saturated carbocycles. The summed E-state index contributed by atoms with van der Waals surface area (Å²) in [6.07, 6.45) is -4.86. The van der Waals surface area contributed by atoms with E-state index in [0.29, 0.717) is 27.9 Å². The number of alkyl halides is 3. The van der Waals surface area contributed by atoms with Gasteiger partial charge >= 0.3 is 6.18 Å². The number of hydrogen-bond donors (Lipinski definition) is 2. The van der Waals surface area contributed by atoms with Gasteiger partial charge in [-0.2, -0.15) is 18.0 Å². The normalized spacial score (nSPS) is 14.8. The standard InChI is InChI=1S/C23H22F4N4O5S/c1-13(16-5-8-19-20(9-16)36-12-35-19)22(32)28-11-18-10-21(23(25,26)27)29-31(18)30-37(33,34)14(2)15-3-6-17(24)7-4-15/h3-10,13-14,30H,11-12H2,1-2H3,(H,28,32). The van der Waals surface area contributed by atoms with Crippen molar-refractivity contribution >= 4 is 15.9 Å². The fourth-order valence-electron chi connectivity index (χ4n) is 3.54. The van der Waals surface area contributed by atoms with Gasteiger partial charge in [-0.1, -0.05) is 18.2 Å². The van der Waals surface area contributed by atoms with Crippen molar-refractivity contribution in [1.29, 1.82) is 0 Å². The second-order valence-corrected chi connectivity index (χ2v) is 10.3. The quantitative estimate of drug-likeness (QED) is 0.419. The lowest BCUT2D eigenvalue weighted by molar-refractivity contribution is -0.141. The highest BCUT2D eigenvalue weighted by Gasteiger charge is 2.36. The number of aromatic nitrogens is 2. The van der Waals surface area contributed by atoms with Gasteiger partial charge in [-0.3, -0.25) is 4.79 Å². The molecule has 37 heavy (non-hydrogen) atoms. The van der Waals surface area contributed by atoms with Crippen molar-refractivity contribution in [3.8, 4) is 11.5 Å². The largest absolute Gasteiger partial charge is 0.454 e. The topological polar surface area (TPSA) is 112 Å². The lowest BCUT2D eigenvalue weighted by atomic mass is 10.00. The van der Waals surface area contributed by atoms with Crippen LogP contribution in [-0.2, 0) is 27.5 Å². The van der Waals surface area contributed by atoms with E-state index in [-0.39, 0.29) is 18.1 Å². The van der Waals surface area contributed by atoms with Crippen LogP contribution >= 0.6 is 0 Å². The Kier molecular flexibility index (Phi) is 7.04. The molecule has 0 spiro atoms. The molecule has 2 atom stereocenters. The molecule has 2 N–H and O–H groups in total. The summed E-state index contributed by atoms with van der Waals surface area (Å²) in [4.78, 5) is 15.2. The van der Waals surface area contributed by atoms with Crippen LogP contribution in [0, 0.1) is 5.82 Å². The highest BCUT2D eigenvalue weighted by molar-refractivity contribution is 7.92. The molecule has 1 aromatic heterocycles. The molecule has 0 aliphatic carbocycles. The fraction of sp³-hybridized carbons (Fsp3) is 0.304. The number of carbonyl (C=O) groups is 1. The van der Waals surface area contributed by atoms with Crippen LogP contribution < -0.4 is 19.6 Å². The average molecular weight is 543 g/mol. The summed E-state index contributed by atoms with van der Waals surface area (Å²) in [5.74, 6) is -0.807. The molecule has 1 amide bonds. The predicted molar refractivity (Wildman–Crippen MR) is 123 cm³/mol. The van der Waals surface area contributed by atoms with E-state index < -0.39 is 51.3 Å². The lowest BCUT2D eigenvalue weighted by Crippen LogP contribution is -2.33. The molecule has 1 aliphatic heterocycles. The summed E-state index contributed by atoms with van der Waals surface area (Å²) >= 11 is 0. The predicted octanol–water partition coefficient (Wildman–Crippen LogP) is 3.82. The van der Waals surface area contributed by atoms with Gasteiger partial charge < -0.3 is 14.8 Å². The van der Waals surface area contributed by atoms with Crippen molar-refractivity contribution in [1.82, 2.24) is 15.2 Å². The molecule has 0 bridgehead atoms. The Balaban J connectivity index is 1.52.